The number of esters is 1. The van der Waals surface area contributed by atoms with E-state index in [1.165, 1.54) is 23.7 Å². The number of carbonyl (C=O) groups is 1. The van der Waals surface area contributed by atoms with Gasteiger partial charge in [-0.25, -0.2) is 0 Å². The lowest BCUT2D eigenvalue weighted by Crippen LogP contribution is -2.17. The van der Waals surface area contributed by atoms with Crippen LogP contribution in [-0.4, -0.2) is 37.8 Å². The summed E-state index contributed by atoms with van der Waals surface area (Å²) in [5.41, 5.74) is 6.04. The Kier molecular flexibility index (Phi) is 5.35. The number of fused-ring (bicyclic) bond motifs is 3. The lowest BCUT2D eigenvalue weighted by Gasteiger charge is -2.13. The molecule has 0 bridgehead atoms. The van der Waals surface area contributed by atoms with Crippen molar-refractivity contribution in [1.29, 1.82) is 0 Å². The number of rotatable bonds is 5. The van der Waals surface area contributed by atoms with Gasteiger partial charge in [0.1, 0.15) is 5.75 Å². The Morgan fingerprint density at radius 1 is 1.11 bits per heavy atom. The summed E-state index contributed by atoms with van der Waals surface area (Å²) in [5.74, 6) is 0.598. The Balaban J connectivity index is 1.76. The number of aryl methyl sites for hydroxylation is 1. The molecule has 5 heteroatoms. The summed E-state index contributed by atoms with van der Waals surface area (Å²) in [5, 5.41) is 4.75. The third kappa shape index (κ3) is 3.62. The number of hydrogen-bond donors (Lipinski definition) is 1. The first-order chi connectivity index (χ1) is 13.7. The van der Waals surface area contributed by atoms with E-state index < -0.39 is 0 Å². The largest absolute Gasteiger partial charge is 0.497 e. The van der Waals surface area contributed by atoms with E-state index in [0.29, 0.717) is 12.8 Å². The summed E-state index contributed by atoms with van der Waals surface area (Å²) in [7, 11) is 3.09. The molecule has 0 atom stereocenters. The van der Waals surface area contributed by atoms with Crippen molar-refractivity contribution < 1.29 is 14.3 Å². The van der Waals surface area contributed by atoms with Gasteiger partial charge in [0.05, 0.1) is 14.2 Å². The van der Waals surface area contributed by atoms with Crippen LogP contribution in [0, 0.1) is 0 Å². The molecular formula is C23H26N2O3. The van der Waals surface area contributed by atoms with Crippen molar-refractivity contribution in [1.82, 2.24) is 9.88 Å². The second-order valence-electron chi connectivity index (χ2n) is 7.16. The second kappa shape index (κ2) is 8.07. The number of benzene rings is 2. The monoisotopic (exact) mass is 378 g/mol. The maximum Gasteiger partial charge on any atom is 0.305 e. The Bertz CT molecular complexity index is 1010. The molecule has 0 spiro atoms. The van der Waals surface area contributed by atoms with Crippen molar-refractivity contribution in [3.05, 3.63) is 53.7 Å². The quantitative estimate of drug-likeness (QED) is 0.690. The van der Waals surface area contributed by atoms with E-state index in [2.05, 4.69) is 40.2 Å². The van der Waals surface area contributed by atoms with Crippen molar-refractivity contribution in [2.24, 2.45) is 0 Å². The molecule has 2 heterocycles. The van der Waals surface area contributed by atoms with Gasteiger partial charge in [0.2, 0.25) is 0 Å². The number of nitrogens with one attached hydrogen (secondary N) is 1. The summed E-state index contributed by atoms with van der Waals surface area (Å²) in [4.78, 5) is 11.7. The van der Waals surface area contributed by atoms with Crippen molar-refractivity contribution in [2.75, 3.05) is 27.3 Å². The van der Waals surface area contributed by atoms with Crippen LogP contribution in [0.2, 0.25) is 0 Å². The van der Waals surface area contributed by atoms with Crippen LogP contribution in [0.1, 0.15) is 17.7 Å². The molecule has 1 aliphatic rings. The molecule has 0 amide bonds. The molecule has 0 fully saturated rings. The standard InChI is InChI=1S/C23H26N2O3/c1-27-20-6-7-21(16(14-20)5-8-23(26)28-2)17-3-4-18-13-19-9-10-24-11-12-25(19)22(18)15-17/h3-4,6-7,13-15,24H,5,8-12H2,1-2H3. The number of aromatic nitrogens is 1. The molecule has 28 heavy (non-hydrogen) atoms. The van der Waals surface area contributed by atoms with E-state index in [-0.39, 0.29) is 5.97 Å². The SMILES string of the molecule is COC(=O)CCc1cc(OC)ccc1-c1ccc2cc3n(c2c1)CCNCC3. The molecular weight excluding hydrogens is 352 g/mol. The molecule has 1 N–H and O–H groups in total. The van der Waals surface area contributed by atoms with Crippen molar-refractivity contribution in [2.45, 2.75) is 25.8 Å². The fraction of sp³-hybridized carbons (Fsp3) is 0.348. The lowest BCUT2D eigenvalue weighted by molar-refractivity contribution is -0.140. The van der Waals surface area contributed by atoms with Crippen LogP contribution in [0.25, 0.3) is 22.0 Å². The summed E-state index contributed by atoms with van der Waals surface area (Å²) in [6, 6.07) is 15.0. The van der Waals surface area contributed by atoms with Gasteiger partial charge in [-0.2, -0.15) is 0 Å². The number of nitrogens with zero attached hydrogens (tertiary/aromatic N) is 1. The molecule has 1 aliphatic heterocycles. The van der Waals surface area contributed by atoms with E-state index in [1.54, 1.807) is 7.11 Å². The van der Waals surface area contributed by atoms with E-state index in [0.717, 1.165) is 48.5 Å². The summed E-state index contributed by atoms with van der Waals surface area (Å²) >= 11 is 0. The number of methoxy groups -OCH3 is 2. The second-order valence-corrected chi connectivity index (χ2v) is 7.16. The average molecular weight is 378 g/mol. The third-order valence-corrected chi connectivity index (χ3v) is 5.51. The van der Waals surface area contributed by atoms with Gasteiger partial charge >= 0.3 is 5.97 Å². The van der Waals surface area contributed by atoms with Crippen LogP contribution in [0.15, 0.2) is 42.5 Å². The Hall–Kier alpha value is -2.79. The maximum absolute atomic E-state index is 11.7. The smallest absolute Gasteiger partial charge is 0.305 e. The molecule has 3 aromatic rings. The predicted octanol–water partition coefficient (Wildman–Crippen LogP) is 3.57. The minimum absolute atomic E-state index is 0.200. The first kappa shape index (κ1) is 18.6. The number of carbonyl (C=O) groups excluding carboxylic acids is 1. The van der Waals surface area contributed by atoms with Gasteiger partial charge in [-0.1, -0.05) is 18.2 Å². The predicted molar refractivity (Wildman–Crippen MR) is 111 cm³/mol. The minimum Gasteiger partial charge on any atom is -0.497 e. The van der Waals surface area contributed by atoms with E-state index in [9.17, 15) is 4.79 Å². The topological polar surface area (TPSA) is 52.5 Å². The van der Waals surface area contributed by atoms with Crippen molar-refractivity contribution in [3.8, 4) is 16.9 Å². The van der Waals surface area contributed by atoms with E-state index >= 15 is 0 Å². The van der Waals surface area contributed by atoms with Crippen molar-refractivity contribution >= 4 is 16.9 Å². The van der Waals surface area contributed by atoms with Gasteiger partial charge in [0, 0.05) is 43.7 Å². The number of hydrogen-bond acceptors (Lipinski definition) is 4. The van der Waals surface area contributed by atoms with Crippen LogP contribution in [-0.2, 0) is 28.9 Å². The third-order valence-electron chi connectivity index (χ3n) is 5.51. The van der Waals surface area contributed by atoms with Crippen LogP contribution in [0.4, 0.5) is 0 Å². The average Bonchev–Trinajstić information content (AvgIpc) is 2.91. The maximum atomic E-state index is 11.7. The molecule has 0 radical (unpaired) electrons. The molecule has 0 unspecified atom stereocenters. The molecule has 4 rings (SSSR count). The molecule has 0 saturated heterocycles. The zero-order valence-corrected chi connectivity index (χ0v) is 16.5. The van der Waals surface area contributed by atoms with Gasteiger partial charge in [-0.15, -0.1) is 0 Å². The fourth-order valence-electron chi connectivity index (χ4n) is 4.01. The lowest BCUT2D eigenvalue weighted by atomic mass is 9.95. The first-order valence-electron chi connectivity index (χ1n) is 9.76. The van der Waals surface area contributed by atoms with Gasteiger partial charge in [0.25, 0.3) is 0 Å². The molecule has 5 nitrogen and oxygen atoms in total. The highest BCUT2D eigenvalue weighted by atomic mass is 16.5. The van der Waals surface area contributed by atoms with Gasteiger partial charge in [0.15, 0.2) is 0 Å². The summed E-state index contributed by atoms with van der Waals surface area (Å²) < 4.78 is 12.6. The highest BCUT2D eigenvalue weighted by Gasteiger charge is 2.14. The molecule has 2 aromatic carbocycles. The van der Waals surface area contributed by atoms with Gasteiger partial charge in [-0.3, -0.25) is 4.79 Å². The summed E-state index contributed by atoms with van der Waals surface area (Å²) in [6.07, 6.45) is 2.02. The highest BCUT2D eigenvalue weighted by molar-refractivity contribution is 5.87. The van der Waals surface area contributed by atoms with Gasteiger partial charge in [-0.05, 0) is 52.8 Å². The van der Waals surface area contributed by atoms with Crippen LogP contribution in [0.5, 0.6) is 5.75 Å². The van der Waals surface area contributed by atoms with E-state index in [1.807, 2.05) is 12.1 Å². The van der Waals surface area contributed by atoms with Crippen LogP contribution in [0.3, 0.4) is 0 Å². The molecule has 1 aromatic heterocycles. The zero-order chi connectivity index (χ0) is 19.5. The first-order valence-corrected chi connectivity index (χ1v) is 9.76. The van der Waals surface area contributed by atoms with Gasteiger partial charge < -0.3 is 19.4 Å². The Morgan fingerprint density at radius 2 is 2.00 bits per heavy atom. The Labute approximate surface area is 165 Å². The highest BCUT2D eigenvalue weighted by Crippen LogP contribution is 2.32. The van der Waals surface area contributed by atoms with Crippen LogP contribution < -0.4 is 10.1 Å². The van der Waals surface area contributed by atoms with Crippen LogP contribution >= 0.6 is 0 Å². The minimum atomic E-state index is -0.200. The normalized spacial score (nSPS) is 13.8. The Morgan fingerprint density at radius 3 is 2.82 bits per heavy atom. The van der Waals surface area contributed by atoms with E-state index in [4.69, 9.17) is 9.47 Å². The summed E-state index contributed by atoms with van der Waals surface area (Å²) in [6.45, 7) is 3.01. The molecule has 146 valence electrons. The molecule has 0 saturated carbocycles. The fourth-order valence-corrected chi connectivity index (χ4v) is 4.01. The number of ether oxygens (including phenoxy) is 2. The van der Waals surface area contributed by atoms with Crippen molar-refractivity contribution in [3.63, 3.8) is 0 Å². The zero-order valence-electron chi connectivity index (χ0n) is 16.5. The molecule has 0 aliphatic carbocycles.